The van der Waals surface area contributed by atoms with E-state index in [1.165, 1.54) is 18.4 Å². The molecule has 0 aliphatic carbocycles. The minimum atomic E-state index is 0. The standard InChI is InChI=1S/C27H33N5O.HI/c1-28-27(31-20-26(32-16-7-8-17-32)23-11-3-2-4-12-23)30-19-22-10-9-14-25(18-22)33-21-24-13-5-6-15-29-24;/h2-6,9-15,18,26H,7-8,16-17,19-21H2,1H3,(H2,28,30,31);1H. The average Bonchev–Trinajstić information content (AvgIpc) is 3.41. The van der Waals surface area contributed by atoms with Gasteiger partial charge in [-0.15, -0.1) is 24.0 Å². The Morgan fingerprint density at radius 2 is 1.79 bits per heavy atom. The molecule has 1 atom stereocenters. The second-order valence-electron chi connectivity index (χ2n) is 8.23. The number of nitrogens with one attached hydrogen (secondary N) is 2. The lowest BCUT2D eigenvalue weighted by Crippen LogP contribution is -2.42. The second kappa shape index (κ2) is 13.9. The molecule has 4 rings (SSSR count). The van der Waals surface area contributed by atoms with Crippen molar-refractivity contribution in [2.45, 2.75) is 32.0 Å². The molecular formula is C27H34IN5O. The predicted octanol–water partition coefficient (Wildman–Crippen LogP) is 4.78. The van der Waals surface area contributed by atoms with Gasteiger partial charge in [-0.1, -0.05) is 48.5 Å². The number of ether oxygens (including phenoxy) is 1. The first-order valence-corrected chi connectivity index (χ1v) is 11.7. The van der Waals surface area contributed by atoms with E-state index in [9.17, 15) is 0 Å². The maximum Gasteiger partial charge on any atom is 0.191 e. The first-order valence-electron chi connectivity index (χ1n) is 11.7. The molecule has 2 heterocycles. The van der Waals surface area contributed by atoms with Crippen LogP contribution in [0.1, 0.15) is 35.7 Å². The highest BCUT2D eigenvalue weighted by atomic mass is 127. The lowest BCUT2D eigenvalue weighted by atomic mass is 10.1. The number of hydrogen-bond donors (Lipinski definition) is 2. The molecule has 1 aliphatic heterocycles. The van der Waals surface area contributed by atoms with E-state index in [-0.39, 0.29) is 24.0 Å². The highest BCUT2D eigenvalue weighted by molar-refractivity contribution is 14.0. The van der Waals surface area contributed by atoms with E-state index >= 15 is 0 Å². The molecule has 1 fully saturated rings. The van der Waals surface area contributed by atoms with Crippen LogP contribution in [0.3, 0.4) is 0 Å². The third-order valence-electron chi connectivity index (χ3n) is 5.92. The first kappa shape index (κ1) is 26.0. The molecule has 1 aromatic heterocycles. The van der Waals surface area contributed by atoms with Crippen LogP contribution in [0.25, 0.3) is 0 Å². The monoisotopic (exact) mass is 571 g/mol. The Balaban J connectivity index is 0.00000324. The molecule has 2 N–H and O–H groups in total. The Morgan fingerprint density at radius 1 is 1.00 bits per heavy atom. The van der Waals surface area contributed by atoms with Crippen LogP contribution >= 0.6 is 24.0 Å². The molecule has 7 heteroatoms. The van der Waals surface area contributed by atoms with Gasteiger partial charge in [0, 0.05) is 26.3 Å². The molecule has 0 radical (unpaired) electrons. The topological polar surface area (TPSA) is 61.8 Å². The molecule has 1 aliphatic rings. The summed E-state index contributed by atoms with van der Waals surface area (Å²) in [5.41, 5.74) is 3.40. The summed E-state index contributed by atoms with van der Waals surface area (Å²) >= 11 is 0. The van der Waals surface area contributed by atoms with Crippen molar-refractivity contribution < 1.29 is 4.74 Å². The maximum absolute atomic E-state index is 5.91. The van der Waals surface area contributed by atoms with E-state index in [0.29, 0.717) is 19.2 Å². The van der Waals surface area contributed by atoms with Crippen LogP contribution in [0.15, 0.2) is 84.0 Å². The van der Waals surface area contributed by atoms with Crippen LogP contribution in [0.5, 0.6) is 5.75 Å². The van der Waals surface area contributed by atoms with Gasteiger partial charge in [-0.05, 0) is 61.3 Å². The minimum absolute atomic E-state index is 0. The van der Waals surface area contributed by atoms with Gasteiger partial charge >= 0.3 is 0 Å². The Morgan fingerprint density at radius 3 is 2.53 bits per heavy atom. The summed E-state index contributed by atoms with van der Waals surface area (Å²) in [7, 11) is 1.81. The summed E-state index contributed by atoms with van der Waals surface area (Å²) in [4.78, 5) is 11.3. The number of benzene rings is 2. The highest BCUT2D eigenvalue weighted by Crippen LogP contribution is 2.24. The summed E-state index contributed by atoms with van der Waals surface area (Å²) in [5, 5.41) is 6.97. The van der Waals surface area contributed by atoms with E-state index in [4.69, 9.17) is 4.74 Å². The van der Waals surface area contributed by atoms with Crippen molar-refractivity contribution in [3.05, 3.63) is 95.8 Å². The Bertz CT molecular complexity index is 1010. The number of pyridine rings is 1. The van der Waals surface area contributed by atoms with Crippen LogP contribution in [0.2, 0.25) is 0 Å². The van der Waals surface area contributed by atoms with E-state index < -0.39 is 0 Å². The summed E-state index contributed by atoms with van der Waals surface area (Å²) in [6.07, 6.45) is 4.33. The molecule has 2 aromatic carbocycles. The molecule has 0 spiro atoms. The zero-order chi connectivity index (χ0) is 22.7. The van der Waals surface area contributed by atoms with Gasteiger partial charge in [0.2, 0.25) is 0 Å². The lowest BCUT2D eigenvalue weighted by molar-refractivity contribution is 0.245. The molecule has 34 heavy (non-hydrogen) atoms. The number of hydrogen-bond acceptors (Lipinski definition) is 4. The molecule has 1 unspecified atom stereocenters. The summed E-state index contributed by atoms with van der Waals surface area (Å²) < 4.78 is 5.91. The number of halogens is 1. The molecular weight excluding hydrogens is 537 g/mol. The Kier molecular flexibility index (Phi) is 10.6. The summed E-state index contributed by atoms with van der Waals surface area (Å²) in [5.74, 6) is 1.64. The number of likely N-dealkylation sites (tertiary alicyclic amines) is 1. The zero-order valence-corrected chi connectivity index (χ0v) is 22.0. The van der Waals surface area contributed by atoms with Gasteiger partial charge in [0.1, 0.15) is 12.4 Å². The lowest BCUT2D eigenvalue weighted by Gasteiger charge is -2.29. The molecule has 3 aromatic rings. The number of rotatable bonds is 9. The fourth-order valence-electron chi connectivity index (χ4n) is 4.17. The third kappa shape index (κ3) is 7.70. The minimum Gasteiger partial charge on any atom is -0.487 e. The van der Waals surface area contributed by atoms with Gasteiger partial charge < -0.3 is 15.4 Å². The second-order valence-corrected chi connectivity index (χ2v) is 8.23. The van der Waals surface area contributed by atoms with Gasteiger partial charge in [0.05, 0.1) is 11.7 Å². The van der Waals surface area contributed by atoms with Crippen LogP contribution in [-0.2, 0) is 13.2 Å². The van der Waals surface area contributed by atoms with Crippen LogP contribution in [0, 0.1) is 0 Å². The Hall–Kier alpha value is -2.65. The van der Waals surface area contributed by atoms with Crippen LogP contribution < -0.4 is 15.4 Å². The number of nitrogens with zero attached hydrogens (tertiary/aromatic N) is 3. The van der Waals surface area contributed by atoms with Gasteiger partial charge in [0.15, 0.2) is 5.96 Å². The molecule has 6 nitrogen and oxygen atoms in total. The highest BCUT2D eigenvalue weighted by Gasteiger charge is 2.23. The van der Waals surface area contributed by atoms with Crippen LogP contribution in [-0.4, -0.2) is 42.5 Å². The third-order valence-corrected chi connectivity index (χ3v) is 5.92. The fourth-order valence-corrected chi connectivity index (χ4v) is 4.17. The van der Waals surface area contributed by atoms with Gasteiger partial charge in [0.25, 0.3) is 0 Å². The quantitative estimate of drug-likeness (QED) is 0.220. The predicted molar refractivity (Wildman–Crippen MR) is 149 cm³/mol. The molecule has 180 valence electrons. The van der Waals surface area contributed by atoms with E-state index in [2.05, 4.69) is 68.0 Å². The number of aliphatic imine (C=N–C) groups is 1. The van der Waals surface area contributed by atoms with Crippen molar-refractivity contribution >= 4 is 29.9 Å². The molecule has 0 amide bonds. The van der Waals surface area contributed by atoms with E-state index in [1.54, 1.807) is 6.20 Å². The van der Waals surface area contributed by atoms with Crippen molar-refractivity contribution in [3.63, 3.8) is 0 Å². The summed E-state index contributed by atoms with van der Waals surface area (Å²) in [6.45, 7) is 4.24. The Labute approximate surface area is 219 Å². The maximum atomic E-state index is 5.91. The van der Waals surface area contributed by atoms with Gasteiger partial charge in [-0.25, -0.2) is 0 Å². The molecule has 1 saturated heterocycles. The van der Waals surface area contributed by atoms with Crippen LogP contribution in [0.4, 0.5) is 0 Å². The summed E-state index contributed by atoms with van der Waals surface area (Å²) in [6, 6.07) is 25.1. The van der Waals surface area contributed by atoms with Gasteiger partial charge in [-0.3, -0.25) is 14.9 Å². The SMILES string of the molecule is CN=C(NCc1cccc(OCc2ccccn2)c1)NCC(c1ccccc1)N1CCCC1.I. The molecule has 0 saturated carbocycles. The zero-order valence-electron chi connectivity index (χ0n) is 19.7. The van der Waals surface area contributed by atoms with Crippen molar-refractivity contribution in [2.24, 2.45) is 4.99 Å². The van der Waals surface area contributed by atoms with Crippen molar-refractivity contribution in [1.29, 1.82) is 0 Å². The van der Waals surface area contributed by atoms with Crippen molar-refractivity contribution in [3.8, 4) is 5.75 Å². The normalized spacial score (nSPS) is 14.8. The number of aromatic nitrogens is 1. The largest absolute Gasteiger partial charge is 0.487 e. The fraction of sp³-hybridized carbons (Fsp3) is 0.333. The van der Waals surface area contributed by atoms with E-state index in [0.717, 1.165) is 42.6 Å². The van der Waals surface area contributed by atoms with Crippen molar-refractivity contribution in [2.75, 3.05) is 26.7 Å². The first-order chi connectivity index (χ1) is 16.3. The van der Waals surface area contributed by atoms with Crippen molar-refractivity contribution in [1.82, 2.24) is 20.5 Å². The van der Waals surface area contributed by atoms with E-state index in [1.807, 2.05) is 37.4 Å². The number of guanidine groups is 1. The average molecular weight is 572 g/mol. The smallest absolute Gasteiger partial charge is 0.191 e. The molecule has 0 bridgehead atoms. The van der Waals surface area contributed by atoms with Gasteiger partial charge in [-0.2, -0.15) is 0 Å².